The van der Waals surface area contributed by atoms with Gasteiger partial charge in [-0.3, -0.25) is 18.7 Å². The largest absolute Gasteiger partial charge is 0.347 e. The smallest absolute Gasteiger partial charge is 0.332 e. The molecule has 0 aliphatic carbocycles. The SMILES string of the molecule is CN(C)C(=O)C1CCCN1c1c(C#N)c(=O)n(C)c(=O)n1C. The van der Waals surface area contributed by atoms with Crippen LogP contribution in [0.25, 0.3) is 0 Å². The number of nitriles is 1. The highest BCUT2D eigenvalue weighted by Gasteiger charge is 2.35. The van der Waals surface area contributed by atoms with E-state index in [1.165, 1.54) is 23.6 Å². The van der Waals surface area contributed by atoms with Crippen molar-refractivity contribution in [1.82, 2.24) is 14.0 Å². The Bertz CT molecular complexity index is 768. The lowest BCUT2D eigenvalue weighted by Gasteiger charge is -2.29. The Morgan fingerprint density at radius 2 is 1.91 bits per heavy atom. The van der Waals surface area contributed by atoms with Gasteiger partial charge in [0.1, 0.15) is 17.9 Å². The summed E-state index contributed by atoms with van der Waals surface area (Å²) in [6.07, 6.45) is 1.39. The molecule has 1 amide bonds. The minimum absolute atomic E-state index is 0.102. The van der Waals surface area contributed by atoms with Crippen molar-refractivity contribution in [3.05, 3.63) is 26.4 Å². The number of nitrogens with zero attached hydrogens (tertiary/aromatic N) is 5. The highest BCUT2D eigenvalue weighted by molar-refractivity contribution is 5.85. The molecule has 22 heavy (non-hydrogen) atoms. The Morgan fingerprint density at radius 3 is 2.45 bits per heavy atom. The first kappa shape index (κ1) is 15.8. The van der Waals surface area contributed by atoms with Crippen molar-refractivity contribution in [2.24, 2.45) is 14.1 Å². The first-order valence-electron chi connectivity index (χ1n) is 6.99. The predicted molar refractivity (Wildman–Crippen MR) is 80.7 cm³/mol. The zero-order valence-corrected chi connectivity index (χ0v) is 13.2. The van der Waals surface area contributed by atoms with Crippen LogP contribution in [0, 0.1) is 11.3 Å². The molecule has 1 unspecified atom stereocenters. The average Bonchev–Trinajstić information content (AvgIpc) is 2.96. The lowest BCUT2D eigenvalue weighted by molar-refractivity contribution is -0.129. The summed E-state index contributed by atoms with van der Waals surface area (Å²) in [6, 6.07) is 1.42. The molecule has 1 atom stereocenters. The van der Waals surface area contributed by atoms with E-state index in [4.69, 9.17) is 0 Å². The van der Waals surface area contributed by atoms with Crippen molar-refractivity contribution >= 4 is 11.7 Å². The molecule has 2 heterocycles. The maximum Gasteiger partial charge on any atom is 0.332 e. The zero-order valence-electron chi connectivity index (χ0n) is 13.2. The molecule has 0 spiro atoms. The summed E-state index contributed by atoms with van der Waals surface area (Å²) >= 11 is 0. The molecule has 2 rings (SSSR count). The van der Waals surface area contributed by atoms with E-state index in [9.17, 15) is 19.6 Å². The molecule has 1 aromatic heterocycles. The number of hydrogen-bond acceptors (Lipinski definition) is 5. The number of rotatable bonds is 2. The molecule has 0 bridgehead atoms. The fraction of sp³-hybridized carbons (Fsp3) is 0.571. The van der Waals surface area contributed by atoms with Crippen molar-refractivity contribution in [2.75, 3.05) is 25.5 Å². The number of aromatic nitrogens is 2. The van der Waals surface area contributed by atoms with Crippen LogP contribution < -0.4 is 16.1 Å². The van der Waals surface area contributed by atoms with E-state index in [2.05, 4.69) is 0 Å². The van der Waals surface area contributed by atoms with E-state index >= 15 is 0 Å². The summed E-state index contributed by atoms with van der Waals surface area (Å²) in [6.45, 7) is 0.527. The van der Waals surface area contributed by atoms with E-state index in [1.54, 1.807) is 19.0 Å². The monoisotopic (exact) mass is 305 g/mol. The number of carbonyl (C=O) groups is 1. The Kier molecular flexibility index (Phi) is 4.08. The van der Waals surface area contributed by atoms with Crippen LogP contribution in [-0.4, -0.2) is 46.6 Å². The lowest BCUT2D eigenvalue weighted by Crippen LogP contribution is -2.48. The van der Waals surface area contributed by atoms with Gasteiger partial charge in [0.2, 0.25) is 5.91 Å². The quantitative estimate of drug-likeness (QED) is 0.700. The third kappa shape index (κ3) is 2.28. The van der Waals surface area contributed by atoms with Crippen LogP contribution in [0.3, 0.4) is 0 Å². The Hall–Kier alpha value is -2.56. The van der Waals surface area contributed by atoms with Crippen LogP contribution in [-0.2, 0) is 18.9 Å². The van der Waals surface area contributed by atoms with Crippen LogP contribution in [0.2, 0.25) is 0 Å². The zero-order chi connectivity index (χ0) is 16.6. The van der Waals surface area contributed by atoms with Crippen LogP contribution >= 0.6 is 0 Å². The highest BCUT2D eigenvalue weighted by atomic mass is 16.2. The van der Waals surface area contributed by atoms with Crippen molar-refractivity contribution in [3.63, 3.8) is 0 Å². The van der Waals surface area contributed by atoms with Crippen LogP contribution in [0.1, 0.15) is 18.4 Å². The van der Waals surface area contributed by atoms with Gasteiger partial charge in [-0.1, -0.05) is 0 Å². The molecular weight excluding hydrogens is 286 g/mol. The van der Waals surface area contributed by atoms with Gasteiger partial charge in [0.05, 0.1) is 0 Å². The molecular formula is C14H19N5O3. The van der Waals surface area contributed by atoms with Crippen molar-refractivity contribution < 1.29 is 4.79 Å². The summed E-state index contributed by atoms with van der Waals surface area (Å²) < 4.78 is 2.17. The molecule has 1 saturated heterocycles. The van der Waals surface area contributed by atoms with Gasteiger partial charge >= 0.3 is 5.69 Å². The van der Waals surface area contributed by atoms with E-state index < -0.39 is 17.3 Å². The summed E-state index contributed by atoms with van der Waals surface area (Å²) in [5, 5.41) is 9.33. The molecule has 0 aromatic carbocycles. The van der Waals surface area contributed by atoms with Gasteiger partial charge < -0.3 is 9.80 Å². The normalized spacial score (nSPS) is 17.4. The topological polar surface area (TPSA) is 91.3 Å². The van der Waals surface area contributed by atoms with Crippen molar-refractivity contribution in [3.8, 4) is 6.07 Å². The molecule has 8 nitrogen and oxygen atoms in total. The van der Waals surface area contributed by atoms with Gasteiger partial charge in [0.15, 0.2) is 5.56 Å². The van der Waals surface area contributed by atoms with Gasteiger partial charge in [-0.05, 0) is 12.8 Å². The van der Waals surface area contributed by atoms with Gasteiger partial charge in [-0.2, -0.15) is 5.26 Å². The Labute approximate surface area is 127 Å². The van der Waals surface area contributed by atoms with E-state index in [-0.39, 0.29) is 17.3 Å². The van der Waals surface area contributed by atoms with Crippen molar-refractivity contribution in [1.29, 1.82) is 5.26 Å². The second kappa shape index (κ2) is 5.67. The molecule has 1 fully saturated rings. The predicted octanol–water partition coefficient (Wildman–Crippen LogP) is -0.987. The third-order valence-corrected chi connectivity index (χ3v) is 4.00. The molecule has 0 N–H and O–H groups in total. The molecule has 1 aliphatic heterocycles. The van der Waals surface area contributed by atoms with Gasteiger partial charge in [0, 0.05) is 34.7 Å². The average molecular weight is 305 g/mol. The number of carbonyl (C=O) groups excluding carboxylic acids is 1. The van der Waals surface area contributed by atoms with Gasteiger partial charge in [-0.25, -0.2) is 4.79 Å². The number of hydrogen-bond donors (Lipinski definition) is 0. The second-order valence-electron chi connectivity index (χ2n) is 5.60. The highest BCUT2D eigenvalue weighted by Crippen LogP contribution is 2.26. The van der Waals surface area contributed by atoms with Crippen LogP contribution in [0.4, 0.5) is 5.82 Å². The fourth-order valence-corrected chi connectivity index (χ4v) is 2.84. The maximum absolute atomic E-state index is 12.3. The van der Waals surface area contributed by atoms with E-state index in [1.807, 2.05) is 6.07 Å². The van der Waals surface area contributed by atoms with E-state index in [0.29, 0.717) is 13.0 Å². The molecule has 8 heteroatoms. The summed E-state index contributed by atoms with van der Waals surface area (Å²) in [5.74, 6) is 0.128. The molecule has 1 aliphatic rings. The number of amides is 1. The molecule has 1 aromatic rings. The number of likely N-dealkylation sites (N-methyl/N-ethyl adjacent to an activating group) is 1. The first-order valence-corrected chi connectivity index (χ1v) is 6.99. The molecule has 0 saturated carbocycles. The first-order chi connectivity index (χ1) is 10.3. The summed E-state index contributed by atoms with van der Waals surface area (Å²) in [5.41, 5.74) is -1.26. The fourth-order valence-electron chi connectivity index (χ4n) is 2.84. The van der Waals surface area contributed by atoms with Crippen LogP contribution in [0.5, 0.6) is 0 Å². The Morgan fingerprint density at radius 1 is 1.27 bits per heavy atom. The van der Waals surface area contributed by atoms with Crippen LogP contribution in [0.15, 0.2) is 9.59 Å². The maximum atomic E-state index is 12.3. The summed E-state index contributed by atoms with van der Waals surface area (Å²) in [4.78, 5) is 39.8. The van der Waals surface area contributed by atoms with Crippen molar-refractivity contribution in [2.45, 2.75) is 18.9 Å². The third-order valence-electron chi connectivity index (χ3n) is 4.00. The minimum atomic E-state index is -0.636. The standard InChI is InChI=1S/C14H19N5O3/c1-16(2)13(21)10-6-5-7-19(10)11-9(8-15)12(20)18(4)14(22)17(11)3/h10H,5-7H2,1-4H3. The van der Waals surface area contributed by atoms with Gasteiger partial charge in [0.25, 0.3) is 5.56 Å². The number of anilines is 1. The second-order valence-corrected chi connectivity index (χ2v) is 5.60. The van der Waals surface area contributed by atoms with Gasteiger partial charge in [-0.15, -0.1) is 0 Å². The molecule has 0 radical (unpaired) electrons. The minimum Gasteiger partial charge on any atom is -0.347 e. The Balaban J connectivity index is 2.67. The van der Waals surface area contributed by atoms with E-state index in [0.717, 1.165) is 11.0 Å². The lowest BCUT2D eigenvalue weighted by atomic mass is 10.2. The molecule has 118 valence electrons. The summed E-state index contributed by atoms with van der Waals surface area (Å²) in [7, 11) is 6.16.